The minimum atomic E-state index is -0.373. The minimum absolute atomic E-state index is 0.0372. The monoisotopic (exact) mass is 412 g/mol. The molecule has 0 amide bonds. The Morgan fingerprint density at radius 3 is 2.00 bits per heavy atom. The molecule has 0 saturated heterocycles. The fourth-order valence-corrected chi connectivity index (χ4v) is 4.40. The third-order valence-corrected chi connectivity index (χ3v) is 6.46. The number of esters is 2. The van der Waals surface area contributed by atoms with Crippen LogP contribution in [0.25, 0.3) is 0 Å². The van der Waals surface area contributed by atoms with Gasteiger partial charge in [0, 0.05) is 6.42 Å². The summed E-state index contributed by atoms with van der Waals surface area (Å²) in [4.78, 5) is 25.7. The van der Waals surface area contributed by atoms with Gasteiger partial charge in [-0.2, -0.15) is 0 Å². The van der Waals surface area contributed by atoms with Crippen LogP contribution < -0.4 is 0 Å². The number of hydrogen-bond donors (Lipinski definition) is 0. The van der Waals surface area contributed by atoms with E-state index >= 15 is 0 Å². The van der Waals surface area contributed by atoms with Crippen molar-refractivity contribution in [3.8, 4) is 0 Å². The third-order valence-electron chi connectivity index (χ3n) is 6.46. The van der Waals surface area contributed by atoms with Crippen molar-refractivity contribution in [1.82, 2.24) is 0 Å². The van der Waals surface area contributed by atoms with Gasteiger partial charge < -0.3 is 9.47 Å². The average Bonchev–Trinajstić information content (AvgIpc) is 3.29. The van der Waals surface area contributed by atoms with E-state index in [2.05, 4.69) is 53.7 Å². The first-order chi connectivity index (χ1) is 13.9. The van der Waals surface area contributed by atoms with E-state index in [9.17, 15) is 9.59 Å². The highest BCUT2D eigenvalue weighted by atomic mass is 16.6. The van der Waals surface area contributed by atoms with E-state index in [-0.39, 0.29) is 40.9 Å². The second-order valence-corrected chi connectivity index (χ2v) is 11.0. The molecule has 2 aliphatic rings. The predicted molar refractivity (Wildman–Crippen MR) is 118 cm³/mol. The van der Waals surface area contributed by atoms with Crippen LogP contribution >= 0.6 is 0 Å². The molecule has 164 valence electrons. The molecule has 3 rings (SSSR count). The Bertz CT molecular complexity index is 781. The topological polar surface area (TPSA) is 52.6 Å². The number of rotatable bonds is 6. The molecule has 30 heavy (non-hydrogen) atoms. The van der Waals surface area contributed by atoms with E-state index in [1.165, 1.54) is 0 Å². The molecule has 0 radical (unpaired) electrons. The maximum absolute atomic E-state index is 13.0. The van der Waals surface area contributed by atoms with Crippen molar-refractivity contribution in [2.45, 2.75) is 73.0 Å². The molecule has 1 unspecified atom stereocenters. The SMILES string of the molecule is CC(C)(C)[C@H](C[C@@H](OC(=O)C1C[C@H]2C=C[C@@H]1C2)C(C)(C)C)OC(=O)c1ccccc1. The quantitative estimate of drug-likeness (QED) is 0.436. The van der Waals surface area contributed by atoms with Gasteiger partial charge in [-0.1, -0.05) is 71.9 Å². The summed E-state index contributed by atoms with van der Waals surface area (Å²) in [6.45, 7) is 12.4. The molecular formula is C26H36O4. The van der Waals surface area contributed by atoms with Gasteiger partial charge in [0.2, 0.25) is 0 Å². The number of fused-ring (bicyclic) bond motifs is 2. The number of allylic oxidation sites excluding steroid dienone is 2. The van der Waals surface area contributed by atoms with Gasteiger partial charge >= 0.3 is 11.9 Å². The number of carbonyl (C=O) groups is 2. The molecule has 0 aromatic heterocycles. The molecule has 1 aromatic rings. The van der Waals surface area contributed by atoms with Gasteiger partial charge in [0.25, 0.3) is 0 Å². The van der Waals surface area contributed by atoms with Crippen LogP contribution in [0.1, 0.15) is 71.2 Å². The number of hydrogen-bond acceptors (Lipinski definition) is 4. The van der Waals surface area contributed by atoms with Crippen molar-refractivity contribution < 1.29 is 19.1 Å². The Hall–Kier alpha value is -2.10. The van der Waals surface area contributed by atoms with Crippen molar-refractivity contribution in [2.24, 2.45) is 28.6 Å². The van der Waals surface area contributed by atoms with Gasteiger partial charge in [0.05, 0.1) is 11.5 Å². The van der Waals surface area contributed by atoms with Gasteiger partial charge in [-0.25, -0.2) is 4.79 Å². The molecule has 0 N–H and O–H groups in total. The molecule has 2 bridgehead atoms. The van der Waals surface area contributed by atoms with Crippen molar-refractivity contribution in [3.05, 3.63) is 48.0 Å². The second kappa shape index (κ2) is 8.56. The number of benzene rings is 1. The summed E-state index contributed by atoms with van der Waals surface area (Å²) in [6, 6.07) is 9.04. The predicted octanol–water partition coefficient (Wildman–Crippen LogP) is 5.82. The molecule has 0 spiro atoms. The summed E-state index contributed by atoms with van der Waals surface area (Å²) in [6.07, 6.45) is 6.14. The van der Waals surface area contributed by atoms with E-state index in [1.807, 2.05) is 18.2 Å². The van der Waals surface area contributed by atoms with Crippen molar-refractivity contribution >= 4 is 11.9 Å². The fourth-order valence-electron chi connectivity index (χ4n) is 4.40. The molecular weight excluding hydrogens is 376 g/mol. The maximum Gasteiger partial charge on any atom is 0.338 e. The van der Waals surface area contributed by atoms with E-state index in [4.69, 9.17) is 9.47 Å². The zero-order valence-electron chi connectivity index (χ0n) is 19.2. The van der Waals surface area contributed by atoms with Gasteiger partial charge in [-0.3, -0.25) is 4.79 Å². The van der Waals surface area contributed by atoms with Crippen LogP contribution in [-0.4, -0.2) is 24.1 Å². The molecule has 2 aliphatic carbocycles. The van der Waals surface area contributed by atoms with Gasteiger partial charge in [-0.15, -0.1) is 0 Å². The third kappa shape index (κ3) is 5.33. The van der Waals surface area contributed by atoms with Crippen molar-refractivity contribution in [2.75, 3.05) is 0 Å². The lowest BCUT2D eigenvalue weighted by Crippen LogP contribution is -2.42. The molecule has 1 aromatic carbocycles. The molecule has 0 heterocycles. The van der Waals surface area contributed by atoms with Gasteiger partial charge in [-0.05, 0) is 47.6 Å². The smallest absolute Gasteiger partial charge is 0.338 e. The van der Waals surface area contributed by atoms with Crippen LogP contribution in [0.4, 0.5) is 0 Å². The summed E-state index contributed by atoms with van der Waals surface area (Å²) >= 11 is 0. The lowest BCUT2D eigenvalue weighted by molar-refractivity contribution is -0.164. The summed E-state index contributed by atoms with van der Waals surface area (Å²) in [7, 11) is 0. The molecule has 4 heteroatoms. The highest BCUT2D eigenvalue weighted by Crippen LogP contribution is 2.44. The Kier molecular flexibility index (Phi) is 6.45. The molecule has 0 aliphatic heterocycles. The van der Waals surface area contributed by atoms with Crippen LogP contribution in [0.2, 0.25) is 0 Å². The Morgan fingerprint density at radius 2 is 1.50 bits per heavy atom. The van der Waals surface area contributed by atoms with Gasteiger partial charge in [0.1, 0.15) is 12.2 Å². The Labute approximate surface area is 181 Å². The number of carbonyl (C=O) groups excluding carboxylic acids is 2. The molecule has 1 fully saturated rings. The number of ether oxygens (including phenoxy) is 2. The highest BCUT2D eigenvalue weighted by molar-refractivity contribution is 5.89. The first-order valence-electron chi connectivity index (χ1n) is 11.1. The van der Waals surface area contributed by atoms with Crippen LogP contribution in [0.15, 0.2) is 42.5 Å². The summed E-state index contributed by atoms with van der Waals surface area (Å²) in [5, 5.41) is 0. The summed E-state index contributed by atoms with van der Waals surface area (Å²) < 4.78 is 12.0. The largest absolute Gasteiger partial charge is 0.461 e. The second-order valence-electron chi connectivity index (χ2n) is 11.0. The standard InChI is InChI=1S/C26H36O4/c1-25(2,3)21(29-23(27)18-10-8-7-9-11-18)16-22(26(4,5)6)30-24(28)20-15-17-12-13-19(20)14-17/h7-13,17,19-22H,14-16H2,1-6H3/t17-,19+,20?,21-,22+/m0/s1. The van der Waals surface area contributed by atoms with Crippen LogP contribution in [-0.2, 0) is 14.3 Å². The van der Waals surface area contributed by atoms with Crippen LogP contribution in [0, 0.1) is 28.6 Å². The van der Waals surface area contributed by atoms with E-state index in [1.54, 1.807) is 12.1 Å². The summed E-state index contributed by atoms with van der Waals surface area (Å²) in [5.74, 6) is 0.360. The molecule has 5 atom stereocenters. The zero-order chi connectivity index (χ0) is 22.1. The molecule has 4 nitrogen and oxygen atoms in total. The summed E-state index contributed by atoms with van der Waals surface area (Å²) in [5.41, 5.74) is -0.00815. The first-order valence-corrected chi connectivity index (χ1v) is 11.1. The van der Waals surface area contributed by atoms with Crippen molar-refractivity contribution in [1.29, 1.82) is 0 Å². The Morgan fingerprint density at radius 1 is 0.900 bits per heavy atom. The molecule has 1 saturated carbocycles. The lowest BCUT2D eigenvalue weighted by Gasteiger charge is -2.38. The van der Waals surface area contributed by atoms with E-state index in [0.717, 1.165) is 12.8 Å². The normalized spacial score (nSPS) is 25.1. The lowest BCUT2D eigenvalue weighted by atomic mass is 9.79. The van der Waals surface area contributed by atoms with Gasteiger partial charge in [0.15, 0.2) is 0 Å². The van der Waals surface area contributed by atoms with E-state index in [0.29, 0.717) is 23.8 Å². The fraction of sp³-hybridized carbons (Fsp3) is 0.615. The average molecular weight is 413 g/mol. The van der Waals surface area contributed by atoms with Crippen LogP contribution in [0.3, 0.4) is 0 Å². The minimum Gasteiger partial charge on any atom is -0.461 e. The van der Waals surface area contributed by atoms with Crippen LogP contribution in [0.5, 0.6) is 0 Å². The Balaban J connectivity index is 1.72. The van der Waals surface area contributed by atoms with E-state index < -0.39 is 0 Å². The van der Waals surface area contributed by atoms with Crippen molar-refractivity contribution in [3.63, 3.8) is 0 Å². The highest BCUT2D eigenvalue weighted by Gasteiger charge is 2.43. The maximum atomic E-state index is 13.0. The first kappa shape index (κ1) is 22.6. The zero-order valence-corrected chi connectivity index (χ0v) is 19.2.